The minimum absolute atomic E-state index is 0.111. The van der Waals surface area contributed by atoms with Crippen LogP contribution in [0.4, 0.5) is 5.69 Å². The molecule has 0 atom stereocenters. The summed E-state index contributed by atoms with van der Waals surface area (Å²) in [5, 5.41) is 14.3. The van der Waals surface area contributed by atoms with Crippen molar-refractivity contribution in [2.45, 2.75) is 17.7 Å². The SMILES string of the molecule is CNCC1CCN(C(=O)c2cc(SC)ccc2[N+](=O)[O-])CC1. The minimum atomic E-state index is -0.481. The summed E-state index contributed by atoms with van der Waals surface area (Å²) < 4.78 is 0. The summed E-state index contributed by atoms with van der Waals surface area (Å²) in [6.45, 7) is 2.27. The summed E-state index contributed by atoms with van der Waals surface area (Å²) in [4.78, 5) is 25.9. The van der Waals surface area contributed by atoms with Gasteiger partial charge in [0.1, 0.15) is 5.56 Å². The van der Waals surface area contributed by atoms with Crippen LogP contribution in [0.15, 0.2) is 23.1 Å². The van der Waals surface area contributed by atoms with Gasteiger partial charge in [0.15, 0.2) is 0 Å². The van der Waals surface area contributed by atoms with Gasteiger partial charge in [-0.1, -0.05) is 0 Å². The summed E-state index contributed by atoms with van der Waals surface area (Å²) in [5.41, 5.74) is 0.0871. The molecule has 1 fully saturated rings. The quantitative estimate of drug-likeness (QED) is 0.511. The van der Waals surface area contributed by atoms with Crippen LogP contribution in [-0.2, 0) is 0 Å². The van der Waals surface area contributed by atoms with Crippen LogP contribution in [-0.4, -0.2) is 48.7 Å². The molecule has 1 saturated heterocycles. The molecule has 22 heavy (non-hydrogen) atoms. The maximum absolute atomic E-state index is 12.7. The molecule has 0 bridgehead atoms. The third-order valence-corrected chi connectivity index (χ3v) is 4.75. The average molecular weight is 323 g/mol. The van der Waals surface area contributed by atoms with Crippen molar-refractivity contribution < 1.29 is 9.72 Å². The van der Waals surface area contributed by atoms with Crippen molar-refractivity contribution in [1.82, 2.24) is 10.2 Å². The molecule has 7 heteroatoms. The number of nitro groups is 1. The second-order valence-corrected chi connectivity index (χ2v) is 6.31. The summed E-state index contributed by atoms with van der Waals surface area (Å²) in [7, 11) is 1.93. The highest BCUT2D eigenvalue weighted by molar-refractivity contribution is 7.98. The average Bonchev–Trinajstić information content (AvgIpc) is 2.54. The zero-order valence-corrected chi connectivity index (χ0v) is 13.7. The van der Waals surface area contributed by atoms with Crippen LogP contribution >= 0.6 is 11.8 Å². The smallest absolute Gasteiger partial charge is 0.282 e. The molecule has 1 aliphatic rings. The van der Waals surface area contributed by atoms with Gasteiger partial charge >= 0.3 is 0 Å². The van der Waals surface area contributed by atoms with Gasteiger partial charge in [-0.3, -0.25) is 14.9 Å². The van der Waals surface area contributed by atoms with E-state index in [1.807, 2.05) is 13.3 Å². The van der Waals surface area contributed by atoms with Gasteiger partial charge in [0.2, 0.25) is 0 Å². The fourth-order valence-corrected chi connectivity index (χ4v) is 3.21. The molecule has 2 rings (SSSR count). The van der Waals surface area contributed by atoms with E-state index in [1.54, 1.807) is 17.0 Å². The monoisotopic (exact) mass is 323 g/mol. The fourth-order valence-electron chi connectivity index (χ4n) is 2.77. The van der Waals surface area contributed by atoms with Gasteiger partial charge in [0.25, 0.3) is 11.6 Å². The van der Waals surface area contributed by atoms with E-state index >= 15 is 0 Å². The molecule has 1 N–H and O–H groups in total. The number of thioether (sulfide) groups is 1. The predicted molar refractivity (Wildman–Crippen MR) is 87.4 cm³/mol. The van der Waals surface area contributed by atoms with Crippen LogP contribution < -0.4 is 5.32 Å². The number of likely N-dealkylation sites (tertiary alicyclic amines) is 1. The largest absolute Gasteiger partial charge is 0.338 e. The van der Waals surface area contributed by atoms with E-state index in [1.165, 1.54) is 17.8 Å². The number of carbonyl (C=O) groups excluding carboxylic acids is 1. The van der Waals surface area contributed by atoms with E-state index in [9.17, 15) is 14.9 Å². The first kappa shape index (κ1) is 16.8. The first-order valence-corrected chi connectivity index (χ1v) is 8.55. The van der Waals surface area contributed by atoms with Crippen molar-refractivity contribution in [3.63, 3.8) is 0 Å². The number of benzene rings is 1. The molecule has 6 nitrogen and oxygen atoms in total. The van der Waals surface area contributed by atoms with Crippen molar-refractivity contribution in [2.75, 3.05) is 32.9 Å². The van der Waals surface area contributed by atoms with E-state index in [-0.39, 0.29) is 17.2 Å². The van der Waals surface area contributed by atoms with Crippen molar-refractivity contribution >= 4 is 23.4 Å². The first-order valence-electron chi connectivity index (χ1n) is 7.33. The number of hydrogen-bond acceptors (Lipinski definition) is 5. The highest BCUT2D eigenvalue weighted by Gasteiger charge is 2.28. The Bertz CT molecular complexity index is 557. The minimum Gasteiger partial charge on any atom is -0.338 e. The summed E-state index contributed by atoms with van der Waals surface area (Å²) >= 11 is 1.47. The number of piperidine rings is 1. The topological polar surface area (TPSA) is 75.5 Å². The second-order valence-electron chi connectivity index (χ2n) is 5.43. The van der Waals surface area contributed by atoms with Gasteiger partial charge in [-0.25, -0.2) is 0 Å². The van der Waals surface area contributed by atoms with E-state index in [4.69, 9.17) is 0 Å². The number of nitrogens with zero attached hydrogens (tertiary/aromatic N) is 2. The number of carbonyl (C=O) groups is 1. The van der Waals surface area contributed by atoms with Gasteiger partial charge in [-0.15, -0.1) is 11.8 Å². The molecule has 120 valence electrons. The Morgan fingerprint density at radius 3 is 2.68 bits per heavy atom. The lowest BCUT2D eigenvalue weighted by atomic mass is 9.96. The molecule has 1 aromatic carbocycles. The zero-order chi connectivity index (χ0) is 16.1. The van der Waals surface area contributed by atoms with Crippen molar-refractivity contribution in [1.29, 1.82) is 0 Å². The maximum Gasteiger partial charge on any atom is 0.282 e. The maximum atomic E-state index is 12.7. The summed E-state index contributed by atoms with van der Waals surface area (Å²) in [6, 6.07) is 4.73. The number of nitro benzene ring substituents is 1. The Kier molecular flexibility index (Phi) is 5.79. The highest BCUT2D eigenvalue weighted by atomic mass is 32.2. The third kappa shape index (κ3) is 3.78. The van der Waals surface area contributed by atoms with E-state index in [2.05, 4.69) is 5.32 Å². The van der Waals surface area contributed by atoms with Crippen LogP contribution in [0.5, 0.6) is 0 Å². The molecule has 1 heterocycles. The highest BCUT2D eigenvalue weighted by Crippen LogP contribution is 2.27. The Hall–Kier alpha value is -1.60. The van der Waals surface area contributed by atoms with Gasteiger partial charge < -0.3 is 10.2 Å². The molecule has 0 aliphatic carbocycles. The third-order valence-electron chi connectivity index (χ3n) is 4.03. The Morgan fingerprint density at radius 2 is 2.14 bits per heavy atom. The number of nitrogens with one attached hydrogen (secondary N) is 1. The fraction of sp³-hybridized carbons (Fsp3) is 0.533. The van der Waals surface area contributed by atoms with Crippen molar-refractivity contribution in [3.8, 4) is 0 Å². The molecule has 0 saturated carbocycles. The Labute approximate surface area is 134 Å². The van der Waals surface area contributed by atoms with Gasteiger partial charge in [-0.05, 0) is 50.7 Å². The second kappa shape index (κ2) is 7.60. The lowest BCUT2D eigenvalue weighted by Crippen LogP contribution is -2.40. The Morgan fingerprint density at radius 1 is 1.45 bits per heavy atom. The zero-order valence-electron chi connectivity index (χ0n) is 12.9. The summed E-state index contributed by atoms with van der Waals surface area (Å²) in [5.74, 6) is 0.340. The van der Waals surface area contributed by atoms with Gasteiger partial charge in [0.05, 0.1) is 4.92 Å². The summed E-state index contributed by atoms with van der Waals surface area (Å²) in [6.07, 6.45) is 3.75. The molecular formula is C15H21N3O3S. The standard InChI is InChI=1S/C15H21N3O3S/c1-16-10-11-5-7-17(8-6-11)15(19)13-9-12(22-2)3-4-14(13)18(20)21/h3-4,9,11,16H,5-8,10H2,1-2H3. The number of hydrogen-bond donors (Lipinski definition) is 1. The number of amides is 1. The van der Waals surface area contributed by atoms with Crippen LogP contribution in [0.3, 0.4) is 0 Å². The first-order chi connectivity index (χ1) is 10.6. The van der Waals surface area contributed by atoms with Crippen LogP contribution in [0, 0.1) is 16.0 Å². The van der Waals surface area contributed by atoms with Crippen LogP contribution in [0.25, 0.3) is 0 Å². The lowest BCUT2D eigenvalue weighted by Gasteiger charge is -2.32. The van der Waals surface area contributed by atoms with Gasteiger partial charge in [0, 0.05) is 24.1 Å². The van der Waals surface area contributed by atoms with Crippen LogP contribution in [0.1, 0.15) is 23.2 Å². The van der Waals surface area contributed by atoms with Gasteiger partial charge in [-0.2, -0.15) is 0 Å². The molecule has 1 aromatic rings. The van der Waals surface area contributed by atoms with E-state index < -0.39 is 4.92 Å². The van der Waals surface area contributed by atoms with Crippen molar-refractivity contribution in [2.24, 2.45) is 5.92 Å². The molecule has 0 spiro atoms. The Balaban J connectivity index is 2.17. The lowest BCUT2D eigenvalue weighted by molar-refractivity contribution is -0.385. The molecule has 0 aromatic heterocycles. The van der Waals surface area contributed by atoms with E-state index in [0.29, 0.717) is 19.0 Å². The number of rotatable bonds is 5. The van der Waals surface area contributed by atoms with Crippen LogP contribution in [0.2, 0.25) is 0 Å². The van der Waals surface area contributed by atoms with E-state index in [0.717, 1.165) is 24.3 Å². The predicted octanol–water partition coefficient (Wildman–Crippen LogP) is 2.39. The molecule has 1 aliphatic heterocycles. The molecule has 1 amide bonds. The molecular weight excluding hydrogens is 302 g/mol. The molecule has 0 unspecified atom stereocenters. The normalized spacial score (nSPS) is 15.8. The molecule has 0 radical (unpaired) electrons. The van der Waals surface area contributed by atoms with Crippen molar-refractivity contribution in [3.05, 3.63) is 33.9 Å².